The zero-order chi connectivity index (χ0) is 24.9. The van der Waals surface area contributed by atoms with Crippen LogP contribution in [-0.2, 0) is 9.53 Å². The Bertz CT molecular complexity index is 1110. The van der Waals surface area contributed by atoms with Crippen LogP contribution < -0.4 is 4.74 Å². The van der Waals surface area contributed by atoms with Gasteiger partial charge in [0.1, 0.15) is 5.75 Å². The molecule has 0 aliphatic carbocycles. The Balaban J connectivity index is 1.54. The van der Waals surface area contributed by atoms with Crippen molar-refractivity contribution in [3.63, 3.8) is 0 Å². The molecule has 2 amide bonds. The van der Waals surface area contributed by atoms with Crippen molar-refractivity contribution in [2.24, 2.45) is 5.10 Å². The van der Waals surface area contributed by atoms with Crippen LogP contribution in [0.15, 0.2) is 47.6 Å². The second kappa shape index (κ2) is 10.9. The number of hydrogen-bond donors (Lipinski definition) is 0. The Hall–Kier alpha value is -3.39. The third kappa shape index (κ3) is 5.65. The predicted molar refractivity (Wildman–Crippen MR) is 135 cm³/mol. The van der Waals surface area contributed by atoms with Crippen LogP contribution in [0, 0.1) is 13.8 Å². The van der Waals surface area contributed by atoms with Gasteiger partial charge in [-0.15, -0.1) is 0 Å². The lowest BCUT2D eigenvalue weighted by atomic mass is 9.95. The number of hydrogen-bond acceptors (Lipinski definition) is 6. The van der Waals surface area contributed by atoms with Gasteiger partial charge in [-0.25, -0.2) is 9.80 Å². The maximum Gasteiger partial charge on any atom is 0.409 e. The molecule has 0 N–H and O–H groups in total. The lowest BCUT2D eigenvalue weighted by molar-refractivity contribution is -0.134. The van der Waals surface area contributed by atoms with E-state index in [4.69, 9.17) is 14.6 Å². The summed E-state index contributed by atoms with van der Waals surface area (Å²) in [5.41, 5.74) is 5.29. The first kappa shape index (κ1) is 24.7. The SMILES string of the molecule is CCOC(=O)N1CCN(CC(=O)N2N=C(c3cc(C)ccc3C)C[C@@H]2c2cccc(OC)c2)CC1. The molecule has 0 saturated carbocycles. The van der Waals surface area contributed by atoms with Crippen molar-refractivity contribution in [1.82, 2.24) is 14.8 Å². The van der Waals surface area contributed by atoms with E-state index in [1.807, 2.05) is 24.3 Å². The minimum Gasteiger partial charge on any atom is -0.497 e. The first-order chi connectivity index (χ1) is 16.9. The van der Waals surface area contributed by atoms with Gasteiger partial charge in [-0.3, -0.25) is 9.69 Å². The molecule has 186 valence electrons. The molecule has 35 heavy (non-hydrogen) atoms. The second-order valence-corrected chi connectivity index (χ2v) is 9.06. The molecular formula is C27H34N4O4. The highest BCUT2D eigenvalue weighted by atomic mass is 16.6. The van der Waals surface area contributed by atoms with E-state index in [1.165, 1.54) is 0 Å². The average Bonchev–Trinajstić information content (AvgIpc) is 3.32. The Morgan fingerprint density at radius 2 is 1.83 bits per heavy atom. The van der Waals surface area contributed by atoms with Crippen LogP contribution in [0.5, 0.6) is 5.75 Å². The van der Waals surface area contributed by atoms with Gasteiger partial charge in [-0.2, -0.15) is 5.10 Å². The normalized spacial score (nSPS) is 18.4. The summed E-state index contributed by atoms with van der Waals surface area (Å²) in [6.45, 7) is 8.88. The molecular weight excluding hydrogens is 444 g/mol. The van der Waals surface area contributed by atoms with Crippen molar-refractivity contribution in [3.8, 4) is 5.75 Å². The molecule has 8 heteroatoms. The van der Waals surface area contributed by atoms with Gasteiger partial charge < -0.3 is 14.4 Å². The van der Waals surface area contributed by atoms with Crippen LogP contribution in [0.4, 0.5) is 4.79 Å². The lowest BCUT2D eigenvalue weighted by Crippen LogP contribution is -2.51. The van der Waals surface area contributed by atoms with Gasteiger partial charge in [0.15, 0.2) is 0 Å². The molecule has 0 radical (unpaired) electrons. The van der Waals surface area contributed by atoms with Crippen molar-refractivity contribution in [1.29, 1.82) is 0 Å². The highest BCUT2D eigenvalue weighted by molar-refractivity contribution is 6.04. The first-order valence-electron chi connectivity index (χ1n) is 12.1. The number of rotatable bonds is 6. The fourth-order valence-electron chi connectivity index (χ4n) is 4.63. The van der Waals surface area contributed by atoms with E-state index >= 15 is 0 Å². The summed E-state index contributed by atoms with van der Waals surface area (Å²) in [5, 5.41) is 6.50. The molecule has 2 aliphatic heterocycles. The number of ether oxygens (including phenoxy) is 2. The Morgan fingerprint density at radius 1 is 1.06 bits per heavy atom. The number of benzene rings is 2. The number of methoxy groups -OCH3 is 1. The van der Waals surface area contributed by atoms with Crippen LogP contribution >= 0.6 is 0 Å². The molecule has 1 atom stereocenters. The fourth-order valence-corrected chi connectivity index (χ4v) is 4.63. The predicted octanol–water partition coefficient (Wildman–Crippen LogP) is 3.76. The molecule has 0 unspecified atom stereocenters. The zero-order valence-corrected chi connectivity index (χ0v) is 21.0. The third-order valence-electron chi connectivity index (χ3n) is 6.61. The number of carbonyl (C=O) groups is 2. The zero-order valence-electron chi connectivity index (χ0n) is 21.0. The minimum absolute atomic E-state index is 0.0530. The Labute approximate surface area is 207 Å². The van der Waals surface area contributed by atoms with Crippen LogP contribution in [-0.4, -0.2) is 79.0 Å². The molecule has 0 aromatic heterocycles. The number of hydrazone groups is 1. The van der Waals surface area contributed by atoms with Gasteiger partial charge >= 0.3 is 6.09 Å². The molecule has 0 bridgehead atoms. The lowest BCUT2D eigenvalue weighted by Gasteiger charge is -2.34. The summed E-state index contributed by atoms with van der Waals surface area (Å²) in [6.07, 6.45) is 0.346. The fraction of sp³-hybridized carbons (Fsp3) is 0.444. The smallest absolute Gasteiger partial charge is 0.409 e. The van der Waals surface area contributed by atoms with Crippen LogP contribution in [0.3, 0.4) is 0 Å². The summed E-state index contributed by atoms with van der Waals surface area (Å²) in [5.74, 6) is 0.702. The topological polar surface area (TPSA) is 74.7 Å². The highest BCUT2D eigenvalue weighted by Gasteiger charge is 2.35. The Kier molecular flexibility index (Phi) is 7.70. The summed E-state index contributed by atoms with van der Waals surface area (Å²) in [7, 11) is 1.64. The number of amides is 2. The molecule has 4 rings (SSSR count). The van der Waals surface area contributed by atoms with Crippen LogP contribution in [0.25, 0.3) is 0 Å². The standard InChI is InChI=1S/C27H34N4O4/c1-5-35-27(33)30-13-11-29(12-14-30)18-26(32)31-25(21-7-6-8-22(16-21)34-4)17-24(28-31)23-15-19(2)9-10-20(23)3/h6-10,15-16,25H,5,11-14,17-18H2,1-4H3/t25-/m1/s1. The van der Waals surface area contributed by atoms with Crippen molar-refractivity contribution in [2.75, 3.05) is 46.4 Å². The van der Waals surface area contributed by atoms with E-state index in [1.54, 1.807) is 23.9 Å². The summed E-state index contributed by atoms with van der Waals surface area (Å²) in [6, 6.07) is 14.0. The molecule has 2 aromatic rings. The van der Waals surface area contributed by atoms with Crippen LogP contribution in [0.2, 0.25) is 0 Å². The molecule has 2 aromatic carbocycles. The van der Waals surface area contributed by atoms with E-state index in [2.05, 4.69) is 36.9 Å². The van der Waals surface area contributed by atoms with Crippen molar-refractivity contribution >= 4 is 17.7 Å². The average molecular weight is 479 g/mol. The van der Waals surface area contributed by atoms with E-state index < -0.39 is 0 Å². The van der Waals surface area contributed by atoms with E-state index in [-0.39, 0.29) is 24.6 Å². The maximum atomic E-state index is 13.5. The molecule has 1 saturated heterocycles. The van der Waals surface area contributed by atoms with Gasteiger partial charge in [0.05, 0.1) is 32.0 Å². The second-order valence-electron chi connectivity index (χ2n) is 9.06. The van der Waals surface area contributed by atoms with Gasteiger partial charge in [-0.1, -0.05) is 29.8 Å². The largest absolute Gasteiger partial charge is 0.497 e. The van der Waals surface area contributed by atoms with Crippen LogP contribution in [0.1, 0.15) is 41.6 Å². The van der Waals surface area contributed by atoms with Gasteiger partial charge in [-0.05, 0) is 50.1 Å². The highest BCUT2D eigenvalue weighted by Crippen LogP contribution is 2.35. The summed E-state index contributed by atoms with van der Waals surface area (Å²) >= 11 is 0. The van der Waals surface area contributed by atoms with E-state index in [0.717, 1.165) is 33.7 Å². The van der Waals surface area contributed by atoms with Gasteiger partial charge in [0.25, 0.3) is 5.91 Å². The van der Waals surface area contributed by atoms with E-state index in [0.29, 0.717) is 39.2 Å². The molecule has 2 heterocycles. The minimum atomic E-state index is -0.293. The molecule has 1 fully saturated rings. The van der Waals surface area contributed by atoms with Crippen molar-refractivity contribution < 1.29 is 19.1 Å². The summed E-state index contributed by atoms with van der Waals surface area (Å²) in [4.78, 5) is 29.3. The Morgan fingerprint density at radius 3 is 2.54 bits per heavy atom. The number of nitrogens with zero attached hydrogens (tertiary/aromatic N) is 4. The van der Waals surface area contributed by atoms with Gasteiger partial charge in [0.2, 0.25) is 0 Å². The number of piperazine rings is 1. The first-order valence-corrected chi connectivity index (χ1v) is 12.1. The third-order valence-corrected chi connectivity index (χ3v) is 6.61. The maximum absolute atomic E-state index is 13.5. The summed E-state index contributed by atoms with van der Waals surface area (Å²) < 4.78 is 10.5. The number of carbonyl (C=O) groups excluding carboxylic acids is 2. The quantitative estimate of drug-likeness (QED) is 0.632. The molecule has 2 aliphatic rings. The number of aryl methyl sites for hydroxylation is 2. The molecule has 0 spiro atoms. The van der Waals surface area contributed by atoms with E-state index in [9.17, 15) is 9.59 Å². The van der Waals surface area contributed by atoms with Crippen molar-refractivity contribution in [3.05, 3.63) is 64.7 Å². The molecule has 8 nitrogen and oxygen atoms in total. The monoisotopic (exact) mass is 478 g/mol. The van der Waals surface area contributed by atoms with Crippen molar-refractivity contribution in [2.45, 2.75) is 33.2 Å². The van der Waals surface area contributed by atoms with Gasteiger partial charge in [0, 0.05) is 38.2 Å².